The molecule has 0 aliphatic heterocycles. The van der Waals surface area contributed by atoms with Crippen molar-refractivity contribution < 1.29 is 55.4 Å². The number of fused-ring (bicyclic) bond motifs is 2. The van der Waals surface area contributed by atoms with Crippen LogP contribution in [0.2, 0.25) is 0 Å². The Hall–Kier alpha value is -1.63. The minimum Gasteiger partial charge on any atom is -0.397 e. The van der Waals surface area contributed by atoms with Crippen molar-refractivity contribution in [3.63, 3.8) is 0 Å². The fourth-order valence-electron chi connectivity index (χ4n) is 2.89. The molecule has 54 heavy (non-hydrogen) atoms. The van der Waals surface area contributed by atoms with Crippen LogP contribution in [-0.4, -0.2) is 86.2 Å². The summed E-state index contributed by atoms with van der Waals surface area (Å²) >= 11 is 6.81. The minimum absolute atomic E-state index is 0. The minimum atomic E-state index is -1.27. The van der Waals surface area contributed by atoms with E-state index in [2.05, 4.69) is 46.2 Å². The number of hydrogen-bond acceptors (Lipinski definition) is 9. The van der Waals surface area contributed by atoms with Gasteiger partial charge in [0.1, 0.15) is 16.7 Å². The Labute approximate surface area is 359 Å². The van der Waals surface area contributed by atoms with Crippen LogP contribution in [0.4, 0.5) is 0 Å². The van der Waals surface area contributed by atoms with Gasteiger partial charge in [-0.2, -0.15) is 4.40 Å². The molecule has 0 bridgehead atoms. The largest absolute Gasteiger partial charge is 0.397 e. The number of ketones is 1. The molecule has 2 aromatic carbocycles. The number of nitrogens with zero attached hydrogens (tertiary/aromatic N) is 3. The number of carbonyl (C=O) groups excluding carboxylic acids is 1. The van der Waals surface area contributed by atoms with Crippen LogP contribution < -0.4 is 5.14 Å². The van der Waals surface area contributed by atoms with Gasteiger partial charge in [-0.25, -0.2) is 18.4 Å². The fraction of sp³-hybridized carbons (Fsp3) is 0.474. The smallest absolute Gasteiger partial charge is 0.178 e. The average molecular weight is 957 g/mol. The molecule has 0 fully saturated rings. The summed E-state index contributed by atoms with van der Waals surface area (Å²) < 4.78 is 28.0. The predicted octanol–water partition coefficient (Wildman–Crippen LogP) is 7.87. The zero-order valence-electron chi connectivity index (χ0n) is 33.6. The molecule has 0 saturated carbocycles. The van der Waals surface area contributed by atoms with Gasteiger partial charge in [-0.05, 0) is 113 Å². The van der Waals surface area contributed by atoms with Crippen LogP contribution >= 0.6 is 31.9 Å². The quantitative estimate of drug-likeness (QED) is 0.0772. The summed E-state index contributed by atoms with van der Waals surface area (Å²) in [6.45, 7) is 22.3. The SMILES string of the molecule is CC(=N[S@](=O)C(C)(C)C)c1ccc2ccc(Br)cc2n1.CC(=O)c1ccc2ccc(Br)cc2n1.CC(C)(C)S(N)=O.CCO.CCO.CCO.CCO.[Ti]. The third kappa shape index (κ3) is 27.9. The molecule has 6 N–H and O–H groups in total. The summed E-state index contributed by atoms with van der Waals surface area (Å²) in [5, 5.41) is 37.4. The Balaban J connectivity index is -0.000000319. The molecule has 0 amide bonds. The molecule has 2 aromatic heterocycles. The van der Waals surface area contributed by atoms with E-state index in [1.54, 1.807) is 33.8 Å². The number of aliphatic hydroxyl groups is 4. The van der Waals surface area contributed by atoms with Gasteiger partial charge in [-0.15, -0.1) is 0 Å². The number of pyridine rings is 2. The summed E-state index contributed by atoms with van der Waals surface area (Å²) in [6.07, 6.45) is 0. The normalized spacial score (nSPS) is 11.6. The third-order valence-corrected chi connectivity index (χ3v) is 9.07. The second-order valence-corrected chi connectivity index (χ2v) is 17.9. The van der Waals surface area contributed by atoms with E-state index in [0.717, 1.165) is 36.4 Å². The number of rotatable bonds is 3. The van der Waals surface area contributed by atoms with Crippen LogP contribution in [-0.2, 0) is 43.7 Å². The molecule has 2 heterocycles. The number of carbonyl (C=O) groups is 1. The third-order valence-electron chi connectivity index (χ3n) is 5.39. The zero-order chi connectivity index (χ0) is 41.9. The Morgan fingerprint density at radius 2 is 0.963 bits per heavy atom. The second kappa shape index (κ2) is 32.5. The van der Waals surface area contributed by atoms with Crippen molar-refractivity contribution >= 4 is 87.1 Å². The molecule has 2 atom stereocenters. The number of aromatic nitrogens is 2. The van der Waals surface area contributed by atoms with Crippen molar-refractivity contribution in [3.05, 3.63) is 81.0 Å². The van der Waals surface area contributed by atoms with Crippen molar-refractivity contribution in [1.29, 1.82) is 0 Å². The second-order valence-electron chi connectivity index (χ2n) is 12.3. The Morgan fingerprint density at radius 3 is 1.26 bits per heavy atom. The maximum atomic E-state index is 12.1. The van der Waals surface area contributed by atoms with Crippen LogP contribution in [0.1, 0.15) is 99.3 Å². The average Bonchev–Trinajstić information content (AvgIpc) is 3.05. The molecule has 0 radical (unpaired) electrons. The standard InChI is InChI=1S/C15H17BrN2OS.C11H8BrNO.C4H11NOS.4C2H6O.Ti/c1-10(18-20(19)15(2,3)4)13-8-6-11-5-7-12(16)9-14(11)17-13;1-7(14)10-5-3-8-2-4-9(12)6-11(8)13-10;1-4(2,3)7(5)6;4*1-2-3;/h5-9H,1-4H3;2-6H,1H3;5H2,1-3H3;4*3H,2H2,1H3;/t20-;;;;;;;/m1......./s1. The fourth-order valence-corrected chi connectivity index (χ4v) is 4.20. The maximum Gasteiger partial charge on any atom is 0.178 e. The molecule has 0 aliphatic rings. The van der Waals surface area contributed by atoms with Gasteiger partial charge in [0.25, 0.3) is 0 Å². The van der Waals surface area contributed by atoms with E-state index in [-0.39, 0.29) is 63.4 Å². The van der Waals surface area contributed by atoms with E-state index in [1.807, 2.05) is 103 Å². The summed E-state index contributed by atoms with van der Waals surface area (Å²) in [5.41, 5.74) is 3.70. The van der Waals surface area contributed by atoms with Crippen LogP contribution in [0.5, 0.6) is 0 Å². The first kappa shape index (κ1) is 59.1. The summed E-state index contributed by atoms with van der Waals surface area (Å²) in [7, 11) is -2.45. The van der Waals surface area contributed by atoms with Gasteiger partial charge < -0.3 is 20.4 Å². The Bertz CT molecular complexity index is 1710. The molecule has 16 heteroatoms. The topological polar surface area (TPSA) is 196 Å². The van der Waals surface area contributed by atoms with E-state index < -0.39 is 22.0 Å². The predicted molar refractivity (Wildman–Crippen MR) is 232 cm³/mol. The van der Waals surface area contributed by atoms with Crippen molar-refractivity contribution in [1.82, 2.24) is 9.97 Å². The van der Waals surface area contributed by atoms with Crippen LogP contribution in [0.15, 0.2) is 74.0 Å². The van der Waals surface area contributed by atoms with E-state index in [0.29, 0.717) is 11.4 Å². The first-order chi connectivity index (χ1) is 24.5. The molecular formula is C38H60Br2N4O7S2Ti. The Kier molecular flexibility index (Phi) is 35.5. The molecule has 1 unspecified atom stereocenters. The van der Waals surface area contributed by atoms with Gasteiger partial charge >= 0.3 is 0 Å². The van der Waals surface area contributed by atoms with Crippen LogP contribution in [0, 0.1) is 0 Å². The summed E-state index contributed by atoms with van der Waals surface area (Å²) in [5.74, 6) is -0.00752. The van der Waals surface area contributed by atoms with Gasteiger partial charge in [0.15, 0.2) is 5.78 Å². The summed E-state index contributed by atoms with van der Waals surface area (Å²) in [6, 6.07) is 19.4. The van der Waals surface area contributed by atoms with Crippen LogP contribution in [0.3, 0.4) is 0 Å². The number of halogens is 2. The van der Waals surface area contributed by atoms with E-state index >= 15 is 0 Å². The van der Waals surface area contributed by atoms with E-state index in [9.17, 15) is 13.2 Å². The summed E-state index contributed by atoms with van der Waals surface area (Å²) in [4.78, 5) is 19.9. The molecular weight excluding hydrogens is 896 g/mol. The monoisotopic (exact) mass is 954 g/mol. The molecule has 4 aromatic rings. The first-order valence-corrected chi connectivity index (χ1v) is 20.7. The van der Waals surface area contributed by atoms with E-state index in [1.165, 1.54) is 6.92 Å². The molecule has 4 rings (SSSR count). The number of benzene rings is 2. The van der Waals surface area contributed by atoms with Crippen molar-refractivity contribution in [2.45, 2.75) is 92.6 Å². The van der Waals surface area contributed by atoms with Gasteiger partial charge in [0.2, 0.25) is 0 Å². The number of nitrogens with two attached hydrogens (primary N) is 1. The van der Waals surface area contributed by atoms with Gasteiger partial charge in [0.05, 0.1) is 42.9 Å². The molecule has 304 valence electrons. The number of Topliss-reactive ketones (excluding diaryl/α,β-unsaturated/α-hetero) is 1. The number of hydrogen-bond donors (Lipinski definition) is 5. The molecule has 0 aliphatic carbocycles. The maximum absolute atomic E-state index is 12.1. The number of aliphatic hydroxyl groups excluding tert-OH is 4. The Morgan fingerprint density at radius 1 is 0.667 bits per heavy atom. The van der Waals surface area contributed by atoms with Crippen molar-refractivity contribution in [2.24, 2.45) is 9.54 Å². The molecule has 0 saturated heterocycles. The van der Waals surface area contributed by atoms with Gasteiger partial charge in [-0.1, -0.05) is 56.1 Å². The zero-order valence-corrected chi connectivity index (χ0v) is 40.0. The van der Waals surface area contributed by atoms with Crippen molar-refractivity contribution in [3.8, 4) is 0 Å². The molecule has 11 nitrogen and oxygen atoms in total. The van der Waals surface area contributed by atoms with E-state index in [4.69, 9.17) is 25.6 Å². The molecule has 0 spiro atoms. The van der Waals surface area contributed by atoms with Gasteiger partial charge in [-0.3, -0.25) is 9.93 Å². The van der Waals surface area contributed by atoms with Crippen LogP contribution in [0.25, 0.3) is 21.8 Å². The van der Waals surface area contributed by atoms with Crippen molar-refractivity contribution in [2.75, 3.05) is 26.4 Å². The first-order valence-electron chi connectivity index (χ1n) is 16.8. The van der Waals surface area contributed by atoms with Gasteiger partial charge in [0, 0.05) is 74.8 Å².